The zero-order chi connectivity index (χ0) is 12.7. The van der Waals surface area contributed by atoms with Crippen LogP contribution in [0.1, 0.15) is 32.3 Å². The van der Waals surface area contributed by atoms with Crippen LogP contribution in [0.2, 0.25) is 0 Å². The van der Waals surface area contributed by atoms with Crippen molar-refractivity contribution in [1.29, 1.82) is 0 Å². The van der Waals surface area contributed by atoms with Gasteiger partial charge in [0.1, 0.15) is 5.75 Å². The smallest absolute Gasteiger partial charge is 0.234 e. The molecule has 0 fully saturated rings. The number of nitrogens with zero attached hydrogens (tertiary/aromatic N) is 1. The molecule has 17 heavy (non-hydrogen) atoms. The lowest BCUT2D eigenvalue weighted by Gasteiger charge is -2.18. The van der Waals surface area contributed by atoms with Crippen molar-refractivity contribution in [3.63, 3.8) is 0 Å². The molecule has 1 aromatic rings. The molecule has 0 amide bonds. The second-order valence-electron chi connectivity index (χ2n) is 4.28. The predicted octanol–water partition coefficient (Wildman–Crippen LogP) is 3.16. The van der Waals surface area contributed by atoms with Crippen molar-refractivity contribution in [2.75, 3.05) is 13.2 Å². The molecule has 1 rings (SSSR count). The third kappa shape index (κ3) is 4.04. The molecular weight excluding hydrogens is 214 g/mol. The van der Waals surface area contributed by atoms with Gasteiger partial charge < -0.3 is 4.74 Å². The molecule has 92 valence electrons. The topological polar surface area (TPSA) is 38.7 Å². The number of hydrogen-bond acceptors (Lipinski definition) is 3. The molecular formula is C14H19NO2. The van der Waals surface area contributed by atoms with E-state index < -0.39 is 0 Å². The van der Waals surface area contributed by atoms with Gasteiger partial charge in [-0.3, -0.25) is 0 Å². The summed E-state index contributed by atoms with van der Waals surface area (Å²) in [6, 6.07) is 7.99. The Morgan fingerprint density at radius 1 is 1.29 bits per heavy atom. The highest BCUT2D eigenvalue weighted by Crippen LogP contribution is 2.26. The van der Waals surface area contributed by atoms with Gasteiger partial charge in [-0.1, -0.05) is 26.0 Å². The van der Waals surface area contributed by atoms with E-state index in [0.29, 0.717) is 19.1 Å². The number of ether oxygens (including phenoxy) is 1. The fourth-order valence-electron chi connectivity index (χ4n) is 1.81. The minimum absolute atomic E-state index is 0.257. The summed E-state index contributed by atoms with van der Waals surface area (Å²) in [5.41, 5.74) is 1.18. The molecule has 3 heteroatoms. The summed E-state index contributed by atoms with van der Waals surface area (Å²) in [5, 5.41) is 0. The van der Waals surface area contributed by atoms with Crippen molar-refractivity contribution >= 4 is 6.08 Å². The molecule has 0 saturated carbocycles. The Kier molecular flexibility index (Phi) is 5.44. The predicted molar refractivity (Wildman–Crippen MR) is 68.2 cm³/mol. The van der Waals surface area contributed by atoms with Gasteiger partial charge in [0, 0.05) is 5.92 Å². The van der Waals surface area contributed by atoms with Crippen LogP contribution in [0.5, 0.6) is 5.75 Å². The highest BCUT2D eigenvalue weighted by Gasteiger charge is 2.15. The van der Waals surface area contributed by atoms with Gasteiger partial charge in [-0.15, -0.1) is 0 Å². The lowest BCUT2D eigenvalue weighted by Crippen LogP contribution is -2.10. The van der Waals surface area contributed by atoms with E-state index in [9.17, 15) is 4.79 Å². The summed E-state index contributed by atoms with van der Waals surface area (Å²) >= 11 is 0. The fourth-order valence-corrected chi connectivity index (χ4v) is 1.81. The first-order chi connectivity index (χ1) is 8.19. The number of benzene rings is 1. The Balaban J connectivity index is 2.83. The number of rotatable bonds is 6. The largest absolute Gasteiger partial charge is 0.494 e. The number of isocyanates is 1. The molecule has 1 atom stereocenters. The molecule has 0 radical (unpaired) electrons. The van der Waals surface area contributed by atoms with Crippen LogP contribution < -0.4 is 4.74 Å². The maximum Gasteiger partial charge on any atom is 0.234 e. The van der Waals surface area contributed by atoms with Crippen molar-refractivity contribution < 1.29 is 9.53 Å². The Bertz CT molecular complexity index is 378. The Labute approximate surface area is 103 Å². The molecule has 0 aliphatic rings. The summed E-state index contributed by atoms with van der Waals surface area (Å²) in [4.78, 5) is 13.9. The van der Waals surface area contributed by atoms with Crippen molar-refractivity contribution in [1.82, 2.24) is 0 Å². The summed E-state index contributed by atoms with van der Waals surface area (Å²) in [5.74, 6) is 1.56. The minimum atomic E-state index is 0.257. The van der Waals surface area contributed by atoms with E-state index in [-0.39, 0.29) is 5.92 Å². The Morgan fingerprint density at radius 2 is 1.94 bits per heavy atom. The van der Waals surface area contributed by atoms with Gasteiger partial charge in [0.15, 0.2) is 0 Å². The minimum Gasteiger partial charge on any atom is -0.494 e. The van der Waals surface area contributed by atoms with E-state index in [4.69, 9.17) is 4.74 Å². The molecule has 0 heterocycles. The van der Waals surface area contributed by atoms with Gasteiger partial charge >= 0.3 is 0 Å². The van der Waals surface area contributed by atoms with Gasteiger partial charge in [-0.2, -0.15) is 0 Å². The fraction of sp³-hybridized carbons (Fsp3) is 0.500. The van der Waals surface area contributed by atoms with Crippen molar-refractivity contribution in [3.05, 3.63) is 29.8 Å². The quantitative estimate of drug-likeness (QED) is 0.559. The summed E-state index contributed by atoms with van der Waals surface area (Å²) < 4.78 is 5.40. The average Bonchev–Trinajstić information content (AvgIpc) is 2.31. The summed E-state index contributed by atoms with van der Waals surface area (Å²) in [6.07, 6.45) is 1.60. The number of carbonyl (C=O) groups excluding carboxylic acids is 1. The molecule has 0 saturated heterocycles. The van der Waals surface area contributed by atoms with Crippen LogP contribution in [0.3, 0.4) is 0 Å². The van der Waals surface area contributed by atoms with E-state index in [2.05, 4.69) is 18.8 Å². The van der Waals surface area contributed by atoms with Gasteiger partial charge in [-0.25, -0.2) is 9.79 Å². The molecule has 0 N–H and O–H groups in total. The van der Waals surface area contributed by atoms with E-state index in [1.165, 1.54) is 5.56 Å². The second-order valence-corrected chi connectivity index (χ2v) is 4.28. The van der Waals surface area contributed by atoms with Crippen molar-refractivity contribution in [3.8, 4) is 5.75 Å². The third-order valence-corrected chi connectivity index (χ3v) is 2.78. The molecule has 1 aromatic carbocycles. The van der Waals surface area contributed by atoms with E-state index in [1.807, 2.05) is 31.2 Å². The first kappa shape index (κ1) is 13.5. The zero-order valence-electron chi connectivity index (χ0n) is 10.6. The van der Waals surface area contributed by atoms with Crippen LogP contribution in [0.15, 0.2) is 29.3 Å². The van der Waals surface area contributed by atoms with Gasteiger partial charge in [0.2, 0.25) is 6.08 Å². The van der Waals surface area contributed by atoms with E-state index in [0.717, 1.165) is 5.75 Å². The van der Waals surface area contributed by atoms with Crippen molar-refractivity contribution in [2.45, 2.75) is 26.7 Å². The first-order valence-corrected chi connectivity index (χ1v) is 5.95. The SMILES string of the molecule is CCOc1ccc(C(CN=C=O)C(C)C)cc1. The summed E-state index contributed by atoms with van der Waals surface area (Å²) in [7, 11) is 0. The standard InChI is InChI=1S/C14H19NO2/c1-4-17-13-7-5-12(6-8-13)14(11(2)3)9-15-10-16/h5-8,11,14H,4,9H2,1-3H3. The maximum absolute atomic E-state index is 10.2. The summed E-state index contributed by atoms with van der Waals surface area (Å²) in [6.45, 7) is 7.38. The van der Waals surface area contributed by atoms with Gasteiger partial charge in [0.05, 0.1) is 13.2 Å². The second kappa shape index (κ2) is 6.87. The Morgan fingerprint density at radius 3 is 2.41 bits per heavy atom. The monoisotopic (exact) mass is 233 g/mol. The van der Waals surface area contributed by atoms with Crippen molar-refractivity contribution in [2.24, 2.45) is 10.9 Å². The van der Waals surface area contributed by atoms with Crippen LogP contribution in [-0.2, 0) is 4.79 Å². The lowest BCUT2D eigenvalue weighted by molar-refractivity contribution is 0.340. The molecule has 0 aromatic heterocycles. The number of aliphatic imine (C=N–C) groups is 1. The van der Waals surface area contributed by atoms with E-state index in [1.54, 1.807) is 6.08 Å². The maximum atomic E-state index is 10.2. The molecule has 0 aliphatic carbocycles. The third-order valence-electron chi connectivity index (χ3n) is 2.78. The van der Waals surface area contributed by atoms with Crippen LogP contribution in [0, 0.1) is 5.92 Å². The molecule has 0 bridgehead atoms. The van der Waals surface area contributed by atoms with Gasteiger partial charge in [0.25, 0.3) is 0 Å². The normalized spacial score (nSPS) is 12.0. The molecule has 0 spiro atoms. The Hall–Kier alpha value is -1.60. The molecule has 1 unspecified atom stereocenters. The van der Waals surface area contributed by atoms with Gasteiger partial charge in [-0.05, 0) is 30.5 Å². The highest BCUT2D eigenvalue weighted by molar-refractivity contribution is 5.34. The zero-order valence-corrected chi connectivity index (χ0v) is 10.6. The first-order valence-electron chi connectivity index (χ1n) is 5.95. The molecule has 0 aliphatic heterocycles. The van der Waals surface area contributed by atoms with E-state index >= 15 is 0 Å². The van der Waals surface area contributed by atoms with Crippen LogP contribution in [0.4, 0.5) is 0 Å². The lowest BCUT2D eigenvalue weighted by atomic mass is 9.88. The van der Waals surface area contributed by atoms with Crippen LogP contribution >= 0.6 is 0 Å². The molecule has 3 nitrogen and oxygen atoms in total. The average molecular weight is 233 g/mol. The van der Waals surface area contributed by atoms with Crippen LogP contribution in [0.25, 0.3) is 0 Å². The highest BCUT2D eigenvalue weighted by atomic mass is 16.5. The van der Waals surface area contributed by atoms with Crippen LogP contribution in [-0.4, -0.2) is 19.2 Å². The number of hydrogen-bond donors (Lipinski definition) is 0.